The highest BCUT2D eigenvalue weighted by molar-refractivity contribution is 14.1. The zero-order valence-electron chi connectivity index (χ0n) is 15.6. The molecule has 2 aliphatic heterocycles. The smallest absolute Gasteiger partial charge is 0.0830 e. The summed E-state index contributed by atoms with van der Waals surface area (Å²) >= 11 is 2.48. The Labute approximate surface area is 175 Å². The van der Waals surface area contributed by atoms with Gasteiger partial charge in [-0.05, 0) is 24.0 Å². The highest BCUT2D eigenvalue weighted by atomic mass is 127. The van der Waals surface area contributed by atoms with Crippen molar-refractivity contribution in [3.05, 3.63) is 71.8 Å². The van der Waals surface area contributed by atoms with Crippen LogP contribution in [-0.2, 0) is 27.4 Å². The number of alkyl halides is 1. The lowest BCUT2D eigenvalue weighted by Gasteiger charge is -2.35. The molecule has 0 saturated carbocycles. The van der Waals surface area contributed by atoms with E-state index in [9.17, 15) is 0 Å². The Morgan fingerprint density at radius 2 is 1.48 bits per heavy atom. The number of halogens is 1. The molecule has 2 aromatic carbocycles. The normalized spacial score (nSPS) is 29.3. The van der Waals surface area contributed by atoms with Crippen LogP contribution in [-0.4, -0.2) is 29.3 Å². The third-order valence-electron chi connectivity index (χ3n) is 5.97. The lowest BCUT2D eigenvalue weighted by molar-refractivity contribution is -0.0198. The van der Waals surface area contributed by atoms with Crippen molar-refractivity contribution in [2.75, 3.05) is 17.6 Å². The molecule has 2 aliphatic rings. The molecule has 0 aliphatic carbocycles. The van der Waals surface area contributed by atoms with Crippen molar-refractivity contribution in [3.8, 4) is 0 Å². The topological polar surface area (TPSA) is 27.7 Å². The predicted molar refractivity (Wildman–Crippen MR) is 115 cm³/mol. The van der Waals surface area contributed by atoms with E-state index >= 15 is 0 Å². The molecule has 3 nitrogen and oxygen atoms in total. The Bertz CT molecular complexity index is 708. The lowest BCUT2D eigenvalue weighted by Crippen LogP contribution is -2.43. The first-order valence-electron chi connectivity index (χ1n) is 9.78. The summed E-state index contributed by atoms with van der Waals surface area (Å²) in [6.45, 7) is 2.82. The van der Waals surface area contributed by atoms with Crippen molar-refractivity contribution >= 4 is 22.6 Å². The van der Waals surface area contributed by atoms with E-state index < -0.39 is 0 Å². The largest absolute Gasteiger partial charge is 0.376 e. The Kier molecular flexibility index (Phi) is 6.48. The molecule has 144 valence electrons. The van der Waals surface area contributed by atoms with Gasteiger partial charge in [0, 0.05) is 16.3 Å². The fourth-order valence-corrected chi connectivity index (χ4v) is 5.62. The van der Waals surface area contributed by atoms with Crippen molar-refractivity contribution in [1.29, 1.82) is 0 Å². The number of ether oxygens (including phenoxy) is 3. The van der Waals surface area contributed by atoms with Crippen LogP contribution in [0.1, 0.15) is 24.0 Å². The second kappa shape index (κ2) is 9.03. The maximum absolute atomic E-state index is 6.47. The van der Waals surface area contributed by atoms with E-state index in [4.69, 9.17) is 14.2 Å². The minimum absolute atomic E-state index is 0.0251. The van der Waals surface area contributed by atoms with Gasteiger partial charge in [-0.3, -0.25) is 0 Å². The molecule has 2 bridgehead atoms. The molecule has 0 radical (unpaired) electrons. The van der Waals surface area contributed by atoms with Gasteiger partial charge in [0.1, 0.15) is 0 Å². The van der Waals surface area contributed by atoms with Crippen LogP contribution < -0.4 is 0 Å². The molecule has 2 fully saturated rings. The predicted octanol–water partition coefficient (Wildman–Crippen LogP) is 5.02. The van der Waals surface area contributed by atoms with E-state index in [1.54, 1.807) is 0 Å². The zero-order chi connectivity index (χ0) is 18.5. The summed E-state index contributed by atoms with van der Waals surface area (Å²) in [4.78, 5) is 0. The number of hydrogen-bond acceptors (Lipinski definition) is 3. The standard InChI is InChI=1S/C23H27IO3/c24-17-23-12-11-22(27-23)20(15-25-13-18-7-3-1-4-8-18)21(23)16-26-14-19-9-5-2-6-10-19/h1-10,20-22H,11-17H2/t20-,21+,22-,23-/m0/s1. The molecule has 4 rings (SSSR count). The molecular weight excluding hydrogens is 451 g/mol. The number of rotatable bonds is 9. The van der Waals surface area contributed by atoms with Gasteiger partial charge in [-0.25, -0.2) is 0 Å². The highest BCUT2D eigenvalue weighted by Gasteiger charge is 2.58. The first-order chi connectivity index (χ1) is 13.3. The van der Waals surface area contributed by atoms with Gasteiger partial charge in [-0.1, -0.05) is 83.3 Å². The van der Waals surface area contributed by atoms with Gasteiger partial charge in [-0.15, -0.1) is 0 Å². The molecule has 2 aromatic rings. The molecule has 0 unspecified atom stereocenters. The third kappa shape index (κ3) is 4.39. The number of hydrogen-bond donors (Lipinski definition) is 0. The zero-order valence-corrected chi connectivity index (χ0v) is 17.7. The van der Waals surface area contributed by atoms with Crippen LogP contribution in [0.3, 0.4) is 0 Å². The fraction of sp³-hybridized carbons (Fsp3) is 0.478. The SMILES string of the molecule is IC[C@]12CC[C@H](O1)[C@@H](COCc1ccccc1)[C@H]2COCc1ccccc1. The van der Waals surface area contributed by atoms with Gasteiger partial charge in [0.2, 0.25) is 0 Å². The molecule has 0 N–H and O–H groups in total. The van der Waals surface area contributed by atoms with E-state index in [2.05, 4.69) is 71.1 Å². The molecule has 0 aromatic heterocycles. The molecular formula is C23H27IO3. The Morgan fingerprint density at radius 3 is 2.07 bits per heavy atom. The minimum atomic E-state index is -0.0251. The maximum atomic E-state index is 6.47. The lowest BCUT2D eigenvalue weighted by atomic mass is 9.73. The van der Waals surface area contributed by atoms with Gasteiger partial charge in [0.05, 0.1) is 38.1 Å². The average Bonchev–Trinajstić information content (AvgIpc) is 3.28. The first kappa shape index (κ1) is 19.4. The molecule has 2 saturated heterocycles. The molecule has 4 heteroatoms. The number of benzene rings is 2. The summed E-state index contributed by atoms with van der Waals surface area (Å²) in [5.74, 6) is 0.834. The summed E-state index contributed by atoms with van der Waals surface area (Å²) in [7, 11) is 0. The summed E-state index contributed by atoms with van der Waals surface area (Å²) in [5, 5.41) is 0. The van der Waals surface area contributed by atoms with E-state index in [1.165, 1.54) is 11.1 Å². The van der Waals surface area contributed by atoms with Crippen LogP contribution >= 0.6 is 22.6 Å². The van der Waals surface area contributed by atoms with Crippen molar-refractivity contribution in [1.82, 2.24) is 0 Å². The molecule has 2 heterocycles. The minimum Gasteiger partial charge on any atom is -0.376 e. The first-order valence-corrected chi connectivity index (χ1v) is 11.3. The summed E-state index contributed by atoms with van der Waals surface area (Å²) in [5.41, 5.74) is 2.42. The van der Waals surface area contributed by atoms with E-state index in [-0.39, 0.29) is 5.60 Å². The fourth-order valence-electron chi connectivity index (χ4n) is 4.49. The van der Waals surface area contributed by atoms with Gasteiger partial charge in [0.25, 0.3) is 0 Å². The van der Waals surface area contributed by atoms with Gasteiger partial charge >= 0.3 is 0 Å². The van der Waals surface area contributed by atoms with Crippen LogP contribution in [0.2, 0.25) is 0 Å². The third-order valence-corrected chi connectivity index (χ3v) is 7.26. The van der Waals surface area contributed by atoms with E-state index in [1.807, 2.05) is 12.1 Å². The van der Waals surface area contributed by atoms with E-state index in [0.29, 0.717) is 31.2 Å². The van der Waals surface area contributed by atoms with Crippen molar-refractivity contribution < 1.29 is 14.2 Å². The van der Waals surface area contributed by atoms with Crippen LogP contribution in [0.5, 0.6) is 0 Å². The Morgan fingerprint density at radius 1 is 0.889 bits per heavy atom. The highest BCUT2D eigenvalue weighted by Crippen LogP contribution is 2.52. The molecule has 0 spiro atoms. The van der Waals surface area contributed by atoms with Crippen molar-refractivity contribution in [2.24, 2.45) is 11.8 Å². The van der Waals surface area contributed by atoms with Crippen molar-refractivity contribution in [3.63, 3.8) is 0 Å². The monoisotopic (exact) mass is 478 g/mol. The maximum Gasteiger partial charge on any atom is 0.0830 e. The summed E-state index contributed by atoms with van der Waals surface area (Å²) < 4.78 is 19.7. The molecule has 27 heavy (non-hydrogen) atoms. The summed E-state index contributed by atoms with van der Waals surface area (Å²) in [6.07, 6.45) is 2.62. The van der Waals surface area contributed by atoms with Crippen molar-refractivity contribution in [2.45, 2.75) is 37.8 Å². The van der Waals surface area contributed by atoms with Crippen LogP contribution in [0.25, 0.3) is 0 Å². The Balaban J connectivity index is 1.35. The second-order valence-electron chi connectivity index (χ2n) is 7.67. The van der Waals surface area contributed by atoms with Crippen LogP contribution in [0.4, 0.5) is 0 Å². The van der Waals surface area contributed by atoms with Gasteiger partial charge in [-0.2, -0.15) is 0 Å². The van der Waals surface area contributed by atoms with E-state index in [0.717, 1.165) is 30.5 Å². The van der Waals surface area contributed by atoms with Crippen LogP contribution in [0.15, 0.2) is 60.7 Å². The molecule has 4 atom stereocenters. The summed E-state index contributed by atoms with van der Waals surface area (Å²) in [6, 6.07) is 20.8. The van der Waals surface area contributed by atoms with Crippen LogP contribution in [0, 0.1) is 11.8 Å². The number of fused-ring (bicyclic) bond motifs is 2. The van der Waals surface area contributed by atoms with Gasteiger partial charge in [0.15, 0.2) is 0 Å². The quantitative estimate of drug-likeness (QED) is 0.374. The molecule has 0 amide bonds. The average molecular weight is 478 g/mol. The van der Waals surface area contributed by atoms with Gasteiger partial charge < -0.3 is 14.2 Å². The second-order valence-corrected chi connectivity index (χ2v) is 8.43. The Hall–Kier alpha value is -0.950.